The number of likely N-dealkylation sites (tertiary alicyclic amines) is 1. The Labute approximate surface area is 254 Å². The lowest BCUT2D eigenvalue weighted by atomic mass is 9.85. The number of allylic oxidation sites excluding steroid dienone is 2. The molecule has 0 bridgehead atoms. The molecule has 1 fully saturated rings. The summed E-state index contributed by atoms with van der Waals surface area (Å²) in [4.78, 5) is 36.0. The highest BCUT2D eigenvalue weighted by molar-refractivity contribution is 6.30. The Morgan fingerprint density at radius 3 is 2.38 bits per heavy atom. The molecule has 10 heteroatoms. The zero-order valence-electron chi connectivity index (χ0n) is 25.4. The summed E-state index contributed by atoms with van der Waals surface area (Å²) in [5.41, 5.74) is 6.50. The number of hydrogen-bond donors (Lipinski definition) is 3. The molecule has 0 aliphatic carbocycles. The van der Waals surface area contributed by atoms with E-state index in [-0.39, 0.29) is 35.5 Å². The van der Waals surface area contributed by atoms with Crippen molar-refractivity contribution in [3.8, 4) is 11.8 Å². The number of carbonyl (C=O) groups is 3. The number of aryl methyl sites for hydroxylation is 1. The van der Waals surface area contributed by atoms with E-state index in [1.807, 2.05) is 52.0 Å². The third-order valence-electron chi connectivity index (χ3n) is 6.47. The predicted molar refractivity (Wildman–Crippen MR) is 167 cm³/mol. The summed E-state index contributed by atoms with van der Waals surface area (Å²) in [5, 5.41) is 20.1. The molecular formula is C32H42ClN5O4. The van der Waals surface area contributed by atoms with Crippen molar-refractivity contribution in [3.05, 3.63) is 76.0 Å². The molecule has 42 heavy (non-hydrogen) atoms. The fourth-order valence-electron chi connectivity index (χ4n) is 4.52. The Bertz CT molecular complexity index is 1320. The molecule has 2 aromatic carbocycles. The molecule has 226 valence electrons. The van der Waals surface area contributed by atoms with Crippen LogP contribution in [0.1, 0.15) is 75.0 Å². The highest BCUT2D eigenvalue weighted by Crippen LogP contribution is 2.42. The maximum atomic E-state index is 11.9. The molecular weight excluding hydrogens is 554 g/mol. The summed E-state index contributed by atoms with van der Waals surface area (Å²) in [6, 6.07) is 14.9. The van der Waals surface area contributed by atoms with E-state index in [1.54, 1.807) is 36.9 Å². The summed E-state index contributed by atoms with van der Waals surface area (Å²) >= 11 is 6.01. The lowest BCUT2D eigenvalue weighted by molar-refractivity contribution is -0.122. The van der Waals surface area contributed by atoms with E-state index >= 15 is 0 Å². The average Bonchev–Trinajstić information content (AvgIpc) is 3.40. The van der Waals surface area contributed by atoms with Gasteiger partial charge in [-0.25, -0.2) is 0 Å². The van der Waals surface area contributed by atoms with Crippen molar-refractivity contribution in [2.45, 2.75) is 72.5 Å². The van der Waals surface area contributed by atoms with E-state index in [9.17, 15) is 19.6 Å². The Kier molecular flexibility index (Phi) is 14.6. The first-order chi connectivity index (χ1) is 19.8. The molecule has 1 aliphatic heterocycles. The summed E-state index contributed by atoms with van der Waals surface area (Å²) in [5.74, 6) is 0.391. The van der Waals surface area contributed by atoms with E-state index in [1.165, 1.54) is 13.1 Å². The second kappa shape index (κ2) is 17.1. The van der Waals surface area contributed by atoms with Crippen molar-refractivity contribution in [2.75, 3.05) is 7.05 Å². The predicted octanol–water partition coefficient (Wildman–Crippen LogP) is 5.76. The molecule has 1 aliphatic rings. The molecule has 2 aromatic rings. The lowest BCUT2D eigenvalue weighted by Crippen LogP contribution is -2.40. The van der Waals surface area contributed by atoms with E-state index in [2.05, 4.69) is 17.1 Å². The molecule has 3 rings (SSSR count). The van der Waals surface area contributed by atoms with Gasteiger partial charge >= 0.3 is 0 Å². The third-order valence-corrected chi connectivity index (χ3v) is 6.70. The second-order valence-corrected chi connectivity index (χ2v) is 11.0. The highest BCUT2D eigenvalue weighted by atomic mass is 35.5. The largest absolute Gasteiger partial charge is 0.454 e. The smallest absolute Gasteiger partial charge is 0.251 e. The van der Waals surface area contributed by atoms with Crippen LogP contribution in [0.25, 0.3) is 0 Å². The normalized spacial score (nSPS) is 16.2. The standard InChI is InChI=1S/C16H20N2O3.C15H17ClN2O.CH5N/c1-10(2)18-16(20)13-5-6-15(11(3)7-13)21-14(9-19)8-12(4)17;1-15(2,9-17)14-7-6-13(18(14)10-19)11-4-3-5-12(16)8-11;1-2/h5-10,17H,1-4H3,(H,18,20);3-5,8,10,13-14H,6-7H2,1-2H3;2H2,1H3/b14-8+,17-12?;;. The SMILES string of the molecule is CC(=N)/C=C(\C=O)Oc1ccc(C(=O)NC(C)C)cc1C.CC(C)(C#N)C1CCC(c2cccc(Cl)c2)N1C=O.CN. The molecule has 4 N–H and O–H groups in total. The van der Waals surface area contributed by atoms with E-state index in [0.29, 0.717) is 22.6 Å². The van der Waals surface area contributed by atoms with Crippen LogP contribution < -0.4 is 15.8 Å². The molecule has 2 atom stereocenters. The number of halogens is 1. The maximum absolute atomic E-state index is 11.9. The fraction of sp³-hybridized carbons (Fsp3) is 0.406. The van der Waals surface area contributed by atoms with Gasteiger partial charge < -0.3 is 26.1 Å². The van der Waals surface area contributed by atoms with Gasteiger partial charge in [-0.05, 0) is 103 Å². The minimum absolute atomic E-state index is 0.0221. The Morgan fingerprint density at radius 2 is 1.88 bits per heavy atom. The van der Waals surface area contributed by atoms with Crippen LogP contribution in [0.4, 0.5) is 0 Å². The van der Waals surface area contributed by atoms with Crippen molar-refractivity contribution in [1.29, 1.82) is 10.7 Å². The third kappa shape index (κ3) is 10.4. The molecule has 0 spiro atoms. The van der Waals surface area contributed by atoms with Crippen LogP contribution in [0.5, 0.6) is 5.75 Å². The number of amides is 2. The quantitative estimate of drug-likeness (QED) is 0.145. The number of nitriles is 1. The van der Waals surface area contributed by atoms with Crippen LogP contribution in [-0.4, -0.2) is 48.3 Å². The number of hydrogen-bond acceptors (Lipinski definition) is 7. The first-order valence-electron chi connectivity index (χ1n) is 13.6. The van der Waals surface area contributed by atoms with Gasteiger partial charge in [-0.2, -0.15) is 5.26 Å². The Morgan fingerprint density at radius 1 is 1.21 bits per heavy atom. The number of nitrogens with zero attached hydrogens (tertiary/aromatic N) is 2. The van der Waals surface area contributed by atoms with Crippen molar-refractivity contribution >= 4 is 35.9 Å². The van der Waals surface area contributed by atoms with Crippen molar-refractivity contribution < 1.29 is 19.1 Å². The zero-order chi connectivity index (χ0) is 32.0. The van der Waals surface area contributed by atoms with Crippen molar-refractivity contribution in [2.24, 2.45) is 11.1 Å². The van der Waals surface area contributed by atoms with Crippen molar-refractivity contribution in [1.82, 2.24) is 10.2 Å². The number of benzene rings is 2. The molecule has 1 saturated heterocycles. The second-order valence-electron chi connectivity index (χ2n) is 10.6. The summed E-state index contributed by atoms with van der Waals surface area (Å²) < 4.78 is 5.44. The molecule has 0 aromatic heterocycles. The van der Waals surface area contributed by atoms with Crippen LogP contribution in [0.15, 0.2) is 54.3 Å². The summed E-state index contributed by atoms with van der Waals surface area (Å²) in [7, 11) is 1.50. The minimum atomic E-state index is -0.533. The topological polar surface area (TPSA) is 149 Å². The number of nitrogens with two attached hydrogens (primary N) is 1. The van der Waals surface area contributed by atoms with E-state index < -0.39 is 5.41 Å². The zero-order valence-corrected chi connectivity index (χ0v) is 26.2. The van der Waals surface area contributed by atoms with Crippen molar-refractivity contribution in [3.63, 3.8) is 0 Å². The van der Waals surface area contributed by atoms with Crippen LogP contribution >= 0.6 is 11.6 Å². The number of ether oxygens (including phenoxy) is 1. The molecule has 2 unspecified atom stereocenters. The first-order valence-corrected chi connectivity index (χ1v) is 14.0. The average molecular weight is 596 g/mol. The Hall–Kier alpha value is -4.00. The van der Waals surface area contributed by atoms with Gasteiger partial charge in [0.15, 0.2) is 12.0 Å². The Balaban J connectivity index is 0.000000398. The molecule has 0 radical (unpaired) electrons. The van der Waals surface area contributed by atoms with E-state index in [0.717, 1.165) is 30.4 Å². The molecule has 1 heterocycles. The molecule has 9 nitrogen and oxygen atoms in total. The number of carbonyl (C=O) groups excluding carboxylic acids is 3. The highest BCUT2D eigenvalue weighted by Gasteiger charge is 2.42. The van der Waals surface area contributed by atoms with Gasteiger partial charge in [0.05, 0.1) is 23.6 Å². The van der Waals surface area contributed by atoms with Gasteiger partial charge in [-0.15, -0.1) is 0 Å². The van der Waals surface area contributed by atoms with Crippen LogP contribution in [0.2, 0.25) is 5.02 Å². The summed E-state index contributed by atoms with van der Waals surface area (Å²) in [6.45, 7) is 10.9. The van der Waals surface area contributed by atoms with Crippen LogP contribution in [-0.2, 0) is 9.59 Å². The van der Waals surface area contributed by atoms with Gasteiger partial charge in [0, 0.05) is 28.4 Å². The van der Waals surface area contributed by atoms with Gasteiger partial charge in [-0.3, -0.25) is 14.4 Å². The maximum Gasteiger partial charge on any atom is 0.251 e. The van der Waals surface area contributed by atoms with Gasteiger partial charge in [0.1, 0.15) is 5.75 Å². The van der Waals surface area contributed by atoms with E-state index in [4.69, 9.17) is 21.7 Å². The monoisotopic (exact) mass is 595 g/mol. The molecule has 2 amide bonds. The minimum Gasteiger partial charge on any atom is -0.454 e. The first kappa shape index (κ1) is 36.0. The lowest BCUT2D eigenvalue weighted by Gasteiger charge is -2.33. The number of aldehydes is 1. The number of rotatable bonds is 9. The van der Waals surface area contributed by atoms with Crippen LogP contribution in [0, 0.1) is 29.1 Å². The van der Waals surface area contributed by atoms with Gasteiger partial charge in [0.25, 0.3) is 5.91 Å². The van der Waals surface area contributed by atoms with Crippen LogP contribution in [0.3, 0.4) is 0 Å². The van der Waals surface area contributed by atoms with Gasteiger partial charge in [-0.1, -0.05) is 23.7 Å². The fourth-order valence-corrected chi connectivity index (χ4v) is 4.72. The number of nitrogens with one attached hydrogen (secondary N) is 2. The molecule has 0 saturated carbocycles. The summed E-state index contributed by atoms with van der Waals surface area (Å²) in [6.07, 6.45) is 4.47. The van der Waals surface area contributed by atoms with Gasteiger partial charge in [0.2, 0.25) is 6.41 Å².